The van der Waals surface area contributed by atoms with Crippen LogP contribution < -0.4 is 0 Å². The summed E-state index contributed by atoms with van der Waals surface area (Å²) in [6.07, 6.45) is 2.42. The number of rotatable bonds is 2. The molecule has 3 rings (SSSR count). The third kappa shape index (κ3) is 2.24. The van der Waals surface area contributed by atoms with Gasteiger partial charge in [-0.3, -0.25) is 4.79 Å². The van der Waals surface area contributed by atoms with E-state index in [1.165, 1.54) is 16.7 Å². The molecule has 1 aromatic rings. The fraction of sp³-hybridized carbons (Fsp3) is 0.412. The number of aldehydes is 1. The summed E-state index contributed by atoms with van der Waals surface area (Å²) in [4.78, 5) is 25.0. The minimum absolute atomic E-state index is 0.266. The van der Waals surface area contributed by atoms with Crippen molar-refractivity contribution in [3.05, 3.63) is 40.0 Å². The Kier molecular flexibility index (Phi) is 3.53. The van der Waals surface area contributed by atoms with Crippen molar-refractivity contribution in [3.63, 3.8) is 0 Å². The summed E-state index contributed by atoms with van der Waals surface area (Å²) in [6, 6.07) is 3.88. The minimum atomic E-state index is -0.266. The SMILES string of the molecule is CCOC(=O)N1CCC2=C(C1)c1c(C=O)ccc(C)c1C2. The van der Waals surface area contributed by atoms with E-state index in [9.17, 15) is 9.59 Å². The Labute approximate surface area is 124 Å². The standard InChI is InChI=1S/C17H19NO3/c1-3-21-17(20)18-7-6-12-8-14-11(2)4-5-13(10-19)16(14)15(12)9-18/h4-5,10H,3,6-9H2,1-2H3. The van der Waals surface area contributed by atoms with Crippen LogP contribution in [0.5, 0.6) is 0 Å². The maximum absolute atomic E-state index is 11.9. The van der Waals surface area contributed by atoms with Gasteiger partial charge in [-0.2, -0.15) is 0 Å². The van der Waals surface area contributed by atoms with Crippen molar-refractivity contribution in [3.8, 4) is 0 Å². The molecule has 0 spiro atoms. The number of benzene rings is 1. The van der Waals surface area contributed by atoms with Gasteiger partial charge < -0.3 is 9.64 Å². The first-order chi connectivity index (χ1) is 10.2. The molecular formula is C17H19NO3. The molecule has 1 aromatic carbocycles. The maximum atomic E-state index is 11.9. The van der Waals surface area contributed by atoms with Crippen molar-refractivity contribution >= 4 is 18.0 Å². The average Bonchev–Trinajstić information content (AvgIpc) is 2.88. The summed E-state index contributed by atoms with van der Waals surface area (Å²) >= 11 is 0. The number of amides is 1. The van der Waals surface area contributed by atoms with Crippen LogP contribution >= 0.6 is 0 Å². The summed E-state index contributed by atoms with van der Waals surface area (Å²) in [7, 11) is 0. The van der Waals surface area contributed by atoms with Gasteiger partial charge in [0.05, 0.1) is 6.61 Å². The van der Waals surface area contributed by atoms with E-state index in [1.54, 1.807) is 4.90 Å². The van der Waals surface area contributed by atoms with Crippen LogP contribution in [0.25, 0.3) is 5.57 Å². The van der Waals surface area contributed by atoms with E-state index in [4.69, 9.17) is 4.74 Å². The molecule has 0 saturated carbocycles. The van der Waals surface area contributed by atoms with Crippen molar-refractivity contribution < 1.29 is 14.3 Å². The van der Waals surface area contributed by atoms with E-state index in [2.05, 4.69) is 6.92 Å². The molecule has 21 heavy (non-hydrogen) atoms. The van der Waals surface area contributed by atoms with Gasteiger partial charge in [0.15, 0.2) is 6.29 Å². The molecule has 0 fully saturated rings. The van der Waals surface area contributed by atoms with Crippen LogP contribution in [-0.2, 0) is 11.2 Å². The molecule has 2 aliphatic rings. The third-order valence-corrected chi connectivity index (χ3v) is 4.38. The number of fused-ring (bicyclic) bond motifs is 2. The van der Waals surface area contributed by atoms with E-state index in [-0.39, 0.29) is 6.09 Å². The fourth-order valence-electron chi connectivity index (χ4n) is 3.29. The zero-order chi connectivity index (χ0) is 15.0. The van der Waals surface area contributed by atoms with Crippen LogP contribution in [0.3, 0.4) is 0 Å². The molecule has 0 unspecified atom stereocenters. The number of aryl methyl sites for hydroxylation is 1. The molecule has 1 heterocycles. The summed E-state index contributed by atoms with van der Waals surface area (Å²) in [5.74, 6) is 0. The highest BCUT2D eigenvalue weighted by Gasteiger charge is 2.31. The normalized spacial score (nSPS) is 16.6. The Morgan fingerprint density at radius 2 is 2.24 bits per heavy atom. The van der Waals surface area contributed by atoms with Gasteiger partial charge in [-0.1, -0.05) is 17.7 Å². The predicted molar refractivity (Wildman–Crippen MR) is 80.4 cm³/mol. The zero-order valence-electron chi connectivity index (χ0n) is 12.4. The highest BCUT2D eigenvalue weighted by Crippen LogP contribution is 2.40. The quantitative estimate of drug-likeness (QED) is 0.785. The van der Waals surface area contributed by atoms with Gasteiger partial charge in [0, 0.05) is 18.7 Å². The lowest BCUT2D eigenvalue weighted by molar-refractivity contribution is 0.111. The molecular weight excluding hydrogens is 266 g/mol. The first-order valence-corrected chi connectivity index (χ1v) is 7.36. The topological polar surface area (TPSA) is 46.6 Å². The molecule has 4 nitrogen and oxygen atoms in total. The lowest BCUT2D eigenvalue weighted by atomic mass is 9.95. The Balaban J connectivity index is 1.97. The summed E-state index contributed by atoms with van der Waals surface area (Å²) < 4.78 is 5.09. The van der Waals surface area contributed by atoms with Crippen LogP contribution in [-0.4, -0.2) is 37.0 Å². The second-order valence-electron chi connectivity index (χ2n) is 5.57. The molecule has 0 bridgehead atoms. The minimum Gasteiger partial charge on any atom is -0.450 e. The molecule has 0 saturated heterocycles. The number of carbonyl (C=O) groups is 2. The van der Waals surface area contributed by atoms with E-state index in [1.807, 2.05) is 19.1 Å². The zero-order valence-corrected chi connectivity index (χ0v) is 12.4. The molecule has 1 aliphatic carbocycles. The predicted octanol–water partition coefficient (Wildman–Crippen LogP) is 2.98. The van der Waals surface area contributed by atoms with Gasteiger partial charge in [0.1, 0.15) is 0 Å². The molecule has 4 heteroatoms. The Morgan fingerprint density at radius 3 is 2.95 bits per heavy atom. The smallest absolute Gasteiger partial charge is 0.410 e. The van der Waals surface area contributed by atoms with Gasteiger partial charge >= 0.3 is 6.09 Å². The molecule has 0 N–H and O–H groups in total. The summed E-state index contributed by atoms with van der Waals surface area (Å²) in [6.45, 7) is 5.52. The Morgan fingerprint density at radius 1 is 1.43 bits per heavy atom. The second kappa shape index (κ2) is 5.35. The van der Waals surface area contributed by atoms with E-state index < -0.39 is 0 Å². The molecule has 1 amide bonds. The Bertz CT molecular complexity index is 646. The molecule has 110 valence electrons. The van der Waals surface area contributed by atoms with E-state index in [0.29, 0.717) is 19.7 Å². The number of carbonyl (C=O) groups excluding carboxylic acids is 2. The van der Waals surface area contributed by atoms with Crippen molar-refractivity contribution in [2.24, 2.45) is 0 Å². The molecule has 0 radical (unpaired) electrons. The van der Waals surface area contributed by atoms with Crippen molar-refractivity contribution in [1.82, 2.24) is 4.90 Å². The van der Waals surface area contributed by atoms with Crippen LogP contribution in [0.1, 0.15) is 40.4 Å². The van der Waals surface area contributed by atoms with Crippen molar-refractivity contribution in [1.29, 1.82) is 0 Å². The number of hydrogen-bond donors (Lipinski definition) is 0. The van der Waals surface area contributed by atoms with Crippen LogP contribution in [0.4, 0.5) is 4.79 Å². The molecule has 0 atom stereocenters. The van der Waals surface area contributed by atoms with E-state index in [0.717, 1.165) is 35.8 Å². The first kappa shape index (κ1) is 13.9. The largest absolute Gasteiger partial charge is 0.450 e. The summed E-state index contributed by atoms with van der Waals surface area (Å²) in [5.41, 5.74) is 6.75. The second-order valence-corrected chi connectivity index (χ2v) is 5.57. The fourth-order valence-corrected chi connectivity index (χ4v) is 3.29. The lowest BCUT2D eigenvalue weighted by Crippen LogP contribution is -2.36. The highest BCUT2D eigenvalue weighted by atomic mass is 16.6. The maximum Gasteiger partial charge on any atom is 0.410 e. The molecule has 0 aromatic heterocycles. The lowest BCUT2D eigenvalue weighted by Gasteiger charge is -2.28. The van der Waals surface area contributed by atoms with Crippen molar-refractivity contribution in [2.45, 2.75) is 26.7 Å². The highest BCUT2D eigenvalue weighted by molar-refractivity contribution is 5.92. The van der Waals surface area contributed by atoms with Crippen LogP contribution in [0.2, 0.25) is 0 Å². The van der Waals surface area contributed by atoms with Gasteiger partial charge in [-0.05, 0) is 49.0 Å². The third-order valence-electron chi connectivity index (χ3n) is 4.38. The average molecular weight is 285 g/mol. The van der Waals surface area contributed by atoms with Crippen LogP contribution in [0, 0.1) is 6.92 Å². The number of hydrogen-bond acceptors (Lipinski definition) is 3. The Hall–Kier alpha value is -2.10. The van der Waals surface area contributed by atoms with E-state index >= 15 is 0 Å². The molecule has 1 aliphatic heterocycles. The first-order valence-electron chi connectivity index (χ1n) is 7.36. The van der Waals surface area contributed by atoms with Gasteiger partial charge in [-0.15, -0.1) is 0 Å². The number of ether oxygens (including phenoxy) is 1. The monoisotopic (exact) mass is 285 g/mol. The number of nitrogens with zero attached hydrogens (tertiary/aromatic N) is 1. The van der Waals surface area contributed by atoms with Gasteiger partial charge in [-0.25, -0.2) is 4.79 Å². The van der Waals surface area contributed by atoms with Crippen molar-refractivity contribution in [2.75, 3.05) is 19.7 Å². The van der Waals surface area contributed by atoms with Gasteiger partial charge in [0.25, 0.3) is 0 Å². The van der Waals surface area contributed by atoms with Crippen LogP contribution in [0.15, 0.2) is 17.7 Å². The van der Waals surface area contributed by atoms with Gasteiger partial charge in [0.2, 0.25) is 0 Å². The summed E-state index contributed by atoms with van der Waals surface area (Å²) in [5, 5.41) is 0.